The second kappa shape index (κ2) is 5.20. The van der Waals surface area contributed by atoms with E-state index in [0.29, 0.717) is 5.75 Å². The van der Waals surface area contributed by atoms with Gasteiger partial charge >= 0.3 is 6.18 Å². The first kappa shape index (κ1) is 13.9. The van der Waals surface area contributed by atoms with Gasteiger partial charge in [0.15, 0.2) is 0 Å². The van der Waals surface area contributed by atoms with Crippen LogP contribution in [0.25, 0.3) is 0 Å². The lowest BCUT2D eigenvalue weighted by Gasteiger charge is -2.09. The van der Waals surface area contributed by atoms with Gasteiger partial charge in [0, 0.05) is 18.1 Å². The molecule has 4 nitrogen and oxygen atoms in total. The molecular weight excluding hydrogens is 281 g/mol. The zero-order chi connectivity index (χ0) is 14.0. The molecule has 1 aromatic heterocycles. The van der Waals surface area contributed by atoms with Crippen molar-refractivity contribution in [1.29, 1.82) is 0 Å². The number of ether oxygens (including phenoxy) is 1. The summed E-state index contributed by atoms with van der Waals surface area (Å²) in [4.78, 5) is 18.8. The highest BCUT2D eigenvalue weighted by Crippen LogP contribution is 2.32. The van der Waals surface area contributed by atoms with Gasteiger partial charge in [-0.05, 0) is 13.0 Å². The Morgan fingerprint density at radius 2 is 2.32 bits per heavy atom. The normalized spacial score (nSPS) is 21.5. The standard InChI is InChI=1S/C11H9F3N2O2S/c1-6-5-19-10(18-6)16-9(17)7-4-15-3-2-8(7)11(12,13)14/h2-4,6H,5H2,1H3. The number of amides is 1. The fourth-order valence-electron chi connectivity index (χ4n) is 1.44. The summed E-state index contributed by atoms with van der Waals surface area (Å²) in [6.07, 6.45) is -2.88. The molecule has 0 N–H and O–H groups in total. The van der Waals surface area contributed by atoms with E-state index in [0.717, 1.165) is 18.5 Å². The molecule has 0 aromatic carbocycles. The van der Waals surface area contributed by atoms with Crippen LogP contribution in [0, 0.1) is 0 Å². The molecule has 2 heterocycles. The van der Waals surface area contributed by atoms with Gasteiger partial charge in [0.1, 0.15) is 6.10 Å². The van der Waals surface area contributed by atoms with Crippen LogP contribution in [0.15, 0.2) is 23.5 Å². The molecular formula is C11H9F3N2O2S. The van der Waals surface area contributed by atoms with Crippen LogP contribution in [-0.4, -0.2) is 28.0 Å². The molecule has 102 valence electrons. The van der Waals surface area contributed by atoms with E-state index in [9.17, 15) is 18.0 Å². The highest BCUT2D eigenvalue weighted by molar-refractivity contribution is 8.13. The molecule has 1 aliphatic rings. The third-order valence-electron chi connectivity index (χ3n) is 2.29. The number of carbonyl (C=O) groups excluding carboxylic acids is 1. The number of pyridine rings is 1. The first-order valence-corrected chi connectivity index (χ1v) is 6.30. The number of aromatic nitrogens is 1. The number of nitrogens with zero attached hydrogens (tertiary/aromatic N) is 2. The summed E-state index contributed by atoms with van der Waals surface area (Å²) in [5.74, 6) is -0.386. The number of aliphatic imine (C=N–C) groups is 1. The van der Waals surface area contributed by atoms with Crippen molar-refractivity contribution < 1.29 is 22.7 Å². The quantitative estimate of drug-likeness (QED) is 0.798. The number of hydrogen-bond donors (Lipinski definition) is 0. The smallest absolute Gasteiger partial charge is 0.417 e. The summed E-state index contributed by atoms with van der Waals surface area (Å²) in [5, 5.41) is 0.0921. The molecule has 8 heteroatoms. The lowest BCUT2D eigenvalue weighted by molar-refractivity contribution is -0.138. The van der Waals surface area contributed by atoms with E-state index in [1.165, 1.54) is 11.8 Å². The van der Waals surface area contributed by atoms with Crippen molar-refractivity contribution in [3.05, 3.63) is 29.6 Å². The average Bonchev–Trinajstić information content (AvgIpc) is 2.73. The molecule has 1 aromatic rings. The third kappa shape index (κ3) is 3.25. The van der Waals surface area contributed by atoms with Crippen LogP contribution < -0.4 is 0 Å². The first-order chi connectivity index (χ1) is 8.88. The van der Waals surface area contributed by atoms with E-state index in [1.54, 1.807) is 6.92 Å². The topological polar surface area (TPSA) is 51.5 Å². The van der Waals surface area contributed by atoms with Crippen LogP contribution in [0.3, 0.4) is 0 Å². The van der Waals surface area contributed by atoms with E-state index >= 15 is 0 Å². The lowest BCUT2D eigenvalue weighted by Crippen LogP contribution is -2.13. The minimum absolute atomic E-state index is 0.0921. The predicted octanol–water partition coefficient (Wildman–Crippen LogP) is 2.75. The van der Waals surface area contributed by atoms with Gasteiger partial charge in [-0.25, -0.2) is 0 Å². The SMILES string of the molecule is CC1CSC(=NC(=O)c2cnccc2C(F)(F)F)O1. The van der Waals surface area contributed by atoms with E-state index < -0.39 is 23.2 Å². The Kier molecular flexibility index (Phi) is 3.79. The van der Waals surface area contributed by atoms with Crippen LogP contribution in [0.5, 0.6) is 0 Å². The lowest BCUT2D eigenvalue weighted by atomic mass is 10.1. The number of hydrogen-bond acceptors (Lipinski definition) is 4. The van der Waals surface area contributed by atoms with Gasteiger partial charge in [0.2, 0.25) is 0 Å². The molecule has 0 bridgehead atoms. The third-order valence-corrected chi connectivity index (χ3v) is 3.36. The maximum Gasteiger partial charge on any atom is 0.417 e. The largest absolute Gasteiger partial charge is 0.469 e. The minimum Gasteiger partial charge on any atom is -0.469 e. The summed E-state index contributed by atoms with van der Waals surface area (Å²) in [6, 6.07) is 0.749. The van der Waals surface area contributed by atoms with E-state index in [1.807, 2.05) is 0 Å². The monoisotopic (exact) mass is 290 g/mol. The molecule has 0 spiro atoms. The van der Waals surface area contributed by atoms with Gasteiger partial charge in [-0.1, -0.05) is 11.8 Å². The second-order valence-electron chi connectivity index (χ2n) is 3.84. The molecule has 0 radical (unpaired) electrons. The van der Waals surface area contributed by atoms with Crippen LogP contribution in [-0.2, 0) is 10.9 Å². The Morgan fingerprint density at radius 1 is 1.58 bits per heavy atom. The Labute approximate surface area is 111 Å². The first-order valence-electron chi connectivity index (χ1n) is 5.31. The minimum atomic E-state index is -4.62. The van der Waals surface area contributed by atoms with Gasteiger partial charge in [-0.15, -0.1) is 0 Å². The second-order valence-corrected chi connectivity index (χ2v) is 4.81. The van der Waals surface area contributed by atoms with E-state index in [4.69, 9.17) is 4.74 Å². The molecule has 19 heavy (non-hydrogen) atoms. The molecule has 1 atom stereocenters. The van der Waals surface area contributed by atoms with Crippen molar-refractivity contribution in [2.45, 2.75) is 19.2 Å². The van der Waals surface area contributed by atoms with Gasteiger partial charge in [0.05, 0.1) is 11.1 Å². The van der Waals surface area contributed by atoms with Crippen LogP contribution in [0.2, 0.25) is 0 Å². The van der Waals surface area contributed by atoms with Crippen molar-refractivity contribution in [2.24, 2.45) is 4.99 Å². The van der Waals surface area contributed by atoms with Crippen LogP contribution >= 0.6 is 11.8 Å². The van der Waals surface area contributed by atoms with Crippen LogP contribution in [0.1, 0.15) is 22.8 Å². The van der Waals surface area contributed by atoms with Crippen molar-refractivity contribution >= 4 is 22.9 Å². The van der Waals surface area contributed by atoms with Gasteiger partial charge in [0.25, 0.3) is 11.1 Å². The summed E-state index contributed by atoms with van der Waals surface area (Å²) in [6.45, 7) is 1.78. The average molecular weight is 290 g/mol. The van der Waals surface area contributed by atoms with Crippen molar-refractivity contribution in [2.75, 3.05) is 5.75 Å². The Hall–Kier alpha value is -1.57. The molecule has 2 rings (SSSR count). The maximum atomic E-state index is 12.7. The number of halogens is 3. The Bertz CT molecular complexity index is 531. The van der Waals surface area contributed by atoms with Crippen LogP contribution in [0.4, 0.5) is 13.2 Å². The summed E-state index contributed by atoms with van der Waals surface area (Å²) in [5.41, 5.74) is -1.63. The number of rotatable bonds is 1. The van der Waals surface area contributed by atoms with Crippen molar-refractivity contribution in [3.63, 3.8) is 0 Å². The zero-order valence-electron chi connectivity index (χ0n) is 9.77. The number of carbonyl (C=O) groups is 1. The fourth-order valence-corrected chi connectivity index (χ4v) is 2.27. The van der Waals surface area contributed by atoms with E-state index in [2.05, 4.69) is 9.98 Å². The summed E-state index contributed by atoms with van der Waals surface area (Å²) < 4.78 is 43.3. The zero-order valence-corrected chi connectivity index (χ0v) is 10.6. The van der Waals surface area contributed by atoms with Crippen molar-refractivity contribution in [3.8, 4) is 0 Å². The summed E-state index contributed by atoms with van der Waals surface area (Å²) >= 11 is 1.19. The molecule has 0 saturated carbocycles. The maximum absolute atomic E-state index is 12.7. The van der Waals surface area contributed by atoms with Gasteiger partial charge < -0.3 is 4.74 Å². The molecule has 1 unspecified atom stereocenters. The molecule has 0 aliphatic carbocycles. The molecule has 1 saturated heterocycles. The highest BCUT2D eigenvalue weighted by Gasteiger charge is 2.35. The number of alkyl halides is 3. The number of thioether (sulfide) groups is 1. The Balaban J connectivity index is 2.30. The van der Waals surface area contributed by atoms with Gasteiger partial charge in [-0.3, -0.25) is 9.78 Å². The Morgan fingerprint density at radius 3 is 2.89 bits per heavy atom. The summed E-state index contributed by atoms with van der Waals surface area (Å²) in [7, 11) is 0. The fraction of sp³-hybridized carbons (Fsp3) is 0.364. The van der Waals surface area contributed by atoms with Gasteiger partial charge in [-0.2, -0.15) is 18.2 Å². The van der Waals surface area contributed by atoms with Crippen molar-refractivity contribution in [1.82, 2.24) is 4.98 Å². The predicted molar refractivity (Wildman–Crippen MR) is 64.0 cm³/mol. The van der Waals surface area contributed by atoms with E-state index in [-0.39, 0.29) is 11.3 Å². The molecule has 1 fully saturated rings. The molecule has 1 aliphatic heterocycles. The molecule has 1 amide bonds. The highest BCUT2D eigenvalue weighted by atomic mass is 32.2.